The Balaban J connectivity index is 2.08. The number of benzene rings is 3. The Bertz CT molecular complexity index is 1210. The summed E-state index contributed by atoms with van der Waals surface area (Å²) in [6.45, 7) is 2.80. The summed E-state index contributed by atoms with van der Waals surface area (Å²) in [5.74, 6) is 12.5. The maximum atomic E-state index is 12.6. The number of carbonyl (C=O) groups is 1. The first kappa shape index (κ1) is 27.5. The SMILES string of the molecule is CCOC(=O)c1cc(C#Cc2ccc(Br)cc2)c(OCOCCOC)c(C#Cc2ccc(Br)cc2)c1. The fraction of sp³-hybridized carbons (Fsp3) is 0.207. The van der Waals surface area contributed by atoms with E-state index >= 15 is 0 Å². The van der Waals surface area contributed by atoms with Crippen LogP contribution in [0.25, 0.3) is 0 Å². The van der Waals surface area contributed by atoms with Crippen LogP contribution in [0.5, 0.6) is 5.75 Å². The van der Waals surface area contributed by atoms with Gasteiger partial charge in [0.05, 0.1) is 36.5 Å². The molecule has 3 rings (SSSR count). The molecule has 3 aromatic carbocycles. The number of rotatable bonds is 8. The molecule has 0 saturated heterocycles. The molecular formula is C29H24Br2O5. The fourth-order valence-corrected chi connectivity index (χ4v) is 3.48. The number of halogens is 2. The van der Waals surface area contributed by atoms with E-state index in [0.29, 0.717) is 35.7 Å². The first-order valence-electron chi connectivity index (χ1n) is 11.1. The highest BCUT2D eigenvalue weighted by Crippen LogP contribution is 2.26. The highest BCUT2D eigenvalue weighted by Gasteiger charge is 2.16. The van der Waals surface area contributed by atoms with Crippen LogP contribution in [0, 0.1) is 23.7 Å². The minimum Gasteiger partial charge on any atom is -0.465 e. The van der Waals surface area contributed by atoms with Crippen molar-refractivity contribution in [1.82, 2.24) is 0 Å². The van der Waals surface area contributed by atoms with E-state index in [-0.39, 0.29) is 13.4 Å². The van der Waals surface area contributed by atoms with Gasteiger partial charge in [0.1, 0.15) is 0 Å². The summed E-state index contributed by atoms with van der Waals surface area (Å²) in [6, 6.07) is 18.5. The van der Waals surface area contributed by atoms with Crippen LogP contribution in [0.3, 0.4) is 0 Å². The first-order chi connectivity index (χ1) is 17.5. The lowest BCUT2D eigenvalue weighted by Gasteiger charge is -2.13. The Kier molecular flexibility index (Phi) is 11.1. The first-order valence-corrected chi connectivity index (χ1v) is 12.7. The van der Waals surface area contributed by atoms with E-state index < -0.39 is 5.97 Å². The largest absolute Gasteiger partial charge is 0.465 e. The Morgan fingerprint density at radius 3 is 1.81 bits per heavy atom. The van der Waals surface area contributed by atoms with Gasteiger partial charge < -0.3 is 18.9 Å². The second-order valence-electron chi connectivity index (χ2n) is 7.30. The molecule has 0 aromatic heterocycles. The van der Waals surface area contributed by atoms with Crippen LogP contribution in [0.2, 0.25) is 0 Å². The number of ether oxygens (including phenoxy) is 4. The minimum atomic E-state index is -0.459. The zero-order valence-electron chi connectivity index (χ0n) is 19.9. The van der Waals surface area contributed by atoms with E-state index in [1.54, 1.807) is 26.2 Å². The third-order valence-corrected chi connectivity index (χ3v) is 5.75. The molecule has 0 N–H and O–H groups in total. The third kappa shape index (κ3) is 8.55. The van der Waals surface area contributed by atoms with Crippen LogP contribution in [0.1, 0.15) is 39.5 Å². The van der Waals surface area contributed by atoms with Crippen LogP contribution >= 0.6 is 31.9 Å². The van der Waals surface area contributed by atoms with Gasteiger partial charge in [-0.05, 0) is 67.6 Å². The van der Waals surface area contributed by atoms with Crippen molar-refractivity contribution < 1.29 is 23.7 Å². The normalized spacial score (nSPS) is 10.0. The van der Waals surface area contributed by atoms with E-state index in [2.05, 4.69) is 55.5 Å². The zero-order valence-corrected chi connectivity index (χ0v) is 23.1. The van der Waals surface area contributed by atoms with Gasteiger partial charge >= 0.3 is 5.97 Å². The van der Waals surface area contributed by atoms with Crippen LogP contribution in [0.15, 0.2) is 69.6 Å². The van der Waals surface area contributed by atoms with Crippen molar-refractivity contribution in [2.24, 2.45) is 0 Å². The maximum absolute atomic E-state index is 12.6. The van der Waals surface area contributed by atoms with Crippen LogP contribution in [0.4, 0.5) is 0 Å². The lowest BCUT2D eigenvalue weighted by Crippen LogP contribution is -2.11. The van der Waals surface area contributed by atoms with Gasteiger partial charge in [-0.15, -0.1) is 0 Å². The molecule has 0 aliphatic carbocycles. The number of methoxy groups -OCH3 is 1. The predicted octanol–water partition coefficient (Wildman–Crippen LogP) is 6.19. The smallest absolute Gasteiger partial charge is 0.338 e. The summed E-state index contributed by atoms with van der Waals surface area (Å²) in [4.78, 5) is 12.6. The molecule has 3 aromatic rings. The number of hydrogen-bond donors (Lipinski definition) is 0. The molecule has 0 saturated carbocycles. The summed E-state index contributed by atoms with van der Waals surface area (Å²) < 4.78 is 23.6. The van der Waals surface area contributed by atoms with Crippen molar-refractivity contribution in [2.45, 2.75) is 6.92 Å². The molecule has 0 heterocycles. The molecule has 184 valence electrons. The standard InChI is InChI=1S/C29H24Br2O5/c1-3-35-29(32)25-18-23(10-4-21-6-12-26(30)13-7-21)28(36-20-34-17-16-33-2)24(19-25)11-5-22-8-14-27(31)15-9-22/h6-9,12-15,18-19H,3,16-17,20H2,1-2H3. The van der Waals surface area contributed by atoms with E-state index in [9.17, 15) is 4.79 Å². The van der Waals surface area contributed by atoms with E-state index in [4.69, 9.17) is 18.9 Å². The highest BCUT2D eigenvalue weighted by atomic mass is 79.9. The van der Waals surface area contributed by atoms with E-state index in [1.165, 1.54) is 0 Å². The van der Waals surface area contributed by atoms with E-state index in [1.807, 2.05) is 48.5 Å². The second-order valence-corrected chi connectivity index (χ2v) is 9.13. The summed E-state index contributed by atoms with van der Waals surface area (Å²) in [6.07, 6.45) is 0. The average molecular weight is 612 g/mol. The van der Waals surface area contributed by atoms with Crippen molar-refractivity contribution in [3.63, 3.8) is 0 Å². The van der Waals surface area contributed by atoms with Crippen LogP contribution < -0.4 is 4.74 Å². The molecule has 7 heteroatoms. The van der Waals surface area contributed by atoms with Crippen molar-refractivity contribution in [2.75, 3.05) is 33.7 Å². The maximum Gasteiger partial charge on any atom is 0.338 e. The topological polar surface area (TPSA) is 54.0 Å². The molecule has 0 radical (unpaired) electrons. The summed E-state index contributed by atoms with van der Waals surface area (Å²) >= 11 is 6.86. The molecule has 0 unspecified atom stereocenters. The van der Waals surface area contributed by atoms with Gasteiger partial charge in [0, 0.05) is 27.2 Å². The summed E-state index contributed by atoms with van der Waals surface area (Å²) in [5, 5.41) is 0. The lowest BCUT2D eigenvalue weighted by molar-refractivity contribution is -0.00870. The summed E-state index contributed by atoms with van der Waals surface area (Å²) in [7, 11) is 1.60. The van der Waals surface area contributed by atoms with Gasteiger partial charge in [-0.2, -0.15) is 0 Å². The Morgan fingerprint density at radius 1 is 0.806 bits per heavy atom. The monoisotopic (exact) mass is 610 g/mol. The lowest BCUT2D eigenvalue weighted by atomic mass is 10.0. The quantitative estimate of drug-likeness (QED) is 0.132. The number of carbonyl (C=O) groups excluding carboxylic acids is 1. The molecule has 36 heavy (non-hydrogen) atoms. The fourth-order valence-electron chi connectivity index (χ4n) is 2.95. The van der Waals surface area contributed by atoms with Gasteiger partial charge in [0.2, 0.25) is 0 Å². The van der Waals surface area contributed by atoms with Gasteiger partial charge in [0.25, 0.3) is 0 Å². The zero-order chi connectivity index (χ0) is 25.8. The number of hydrogen-bond acceptors (Lipinski definition) is 5. The predicted molar refractivity (Wildman–Crippen MR) is 146 cm³/mol. The van der Waals surface area contributed by atoms with Crippen molar-refractivity contribution in [1.29, 1.82) is 0 Å². The highest BCUT2D eigenvalue weighted by molar-refractivity contribution is 9.10. The molecule has 5 nitrogen and oxygen atoms in total. The van der Waals surface area contributed by atoms with Crippen LogP contribution in [-0.2, 0) is 14.2 Å². The van der Waals surface area contributed by atoms with E-state index in [0.717, 1.165) is 20.1 Å². The Morgan fingerprint density at radius 2 is 1.33 bits per heavy atom. The Labute approximate surface area is 228 Å². The molecule has 0 aliphatic rings. The van der Waals surface area contributed by atoms with Gasteiger partial charge in [0.15, 0.2) is 12.5 Å². The number of esters is 1. The van der Waals surface area contributed by atoms with Gasteiger partial charge in [-0.25, -0.2) is 4.79 Å². The molecule has 0 atom stereocenters. The molecular weight excluding hydrogens is 588 g/mol. The van der Waals surface area contributed by atoms with Gasteiger partial charge in [-0.1, -0.05) is 55.5 Å². The van der Waals surface area contributed by atoms with Gasteiger partial charge in [-0.3, -0.25) is 0 Å². The molecule has 0 bridgehead atoms. The van der Waals surface area contributed by atoms with Crippen molar-refractivity contribution in [3.05, 3.63) is 97.4 Å². The minimum absolute atomic E-state index is 0.0258. The molecule has 0 fully saturated rings. The summed E-state index contributed by atoms with van der Waals surface area (Å²) in [5.41, 5.74) is 2.96. The Hall–Kier alpha value is -3.07. The molecule has 0 aliphatic heterocycles. The van der Waals surface area contributed by atoms with Crippen LogP contribution in [-0.4, -0.2) is 39.7 Å². The molecule has 0 spiro atoms. The third-order valence-electron chi connectivity index (χ3n) is 4.69. The average Bonchev–Trinajstić information content (AvgIpc) is 2.88. The van der Waals surface area contributed by atoms with Crippen molar-refractivity contribution >= 4 is 37.8 Å². The van der Waals surface area contributed by atoms with Crippen molar-refractivity contribution in [3.8, 4) is 29.4 Å². The second kappa shape index (κ2) is 14.5. The molecule has 0 amide bonds.